The molecular weight excluding hydrogens is 222 g/mol. The van der Waals surface area contributed by atoms with Crippen LogP contribution in [0.5, 0.6) is 0 Å². The van der Waals surface area contributed by atoms with Crippen LogP contribution in [0.3, 0.4) is 0 Å². The molecule has 3 nitrogen and oxygen atoms in total. The topological polar surface area (TPSA) is 28.2 Å². The minimum absolute atomic E-state index is 0.555. The van der Waals surface area contributed by atoms with Gasteiger partial charge in [0.25, 0.3) is 0 Å². The van der Waals surface area contributed by atoms with Crippen molar-refractivity contribution in [1.82, 2.24) is 10.3 Å². The summed E-state index contributed by atoms with van der Waals surface area (Å²) in [6.45, 7) is 8.75. The zero-order valence-corrected chi connectivity index (χ0v) is 11.8. The minimum Gasteiger partial charge on any atom is -0.352 e. The van der Waals surface area contributed by atoms with Crippen LogP contribution >= 0.6 is 0 Å². The van der Waals surface area contributed by atoms with Crippen molar-refractivity contribution in [3.05, 3.63) is 23.9 Å². The quantitative estimate of drug-likeness (QED) is 0.886. The summed E-state index contributed by atoms with van der Waals surface area (Å²) in [7, 11) is 0. The Hall–Kier alpha value is -1.09. The maximum atomic E-state index is 4.54. The van der Waals surface area contributed by atoms with Crippen LogP contribution in [0, 0.1) is 6.92 Å². The van der Waals surface area contributed by atoms with Crippen LogP contribution < -0.4 is 10.2 Å². The fourth-order valence-electron chi connectivity index (χ4n) is 2.56. The number of hydrogen-bond donors (Lipinski definition) is 1. The molecule has 100 valence electrons. The molecule has 18 heavy (non-hydrogen) atoms. The molecule has 1 N–H and O–H groups in total. The van der Waals surface area contributed by atoms with Gasteiger partial charge in [0, 0.05) is 31.4 Å². The van der Waals surface area contributed by atoms with Crippen LogP contribution in [-0.2, 0) is 0 Å². The van der Waals surface area contributed by atoms with Crippen LogP contribution in [0.25, 0.3) is 0 Å². The van der Waals surface area contributed by atoms with E-state index in [0.717, 1.165) is 18.9 Å². The molecular formula is C15H25N3. The Bertz CT molecular complexity index is 376. The van der Waals surface area contributed by atoms with Crippen molar-refractivity contribution in [2.45, 2.75) is 52.1 Å². The SMILES string of the molecule is Cc1ccnc(N2CCCCC2CNC(C)C)c1. The molecule has 2 heterocycles. The Kier molecular flexibility index (Phi) is 4.59. The first-order valence-corrected chi connectivity index (χ1v) is 7.09. The zero-order valence-electron chi connectivity index (χ0n) is 11.8. The molecule has 0 bridgehead atoms. The van der Waals surface area contributed by atoms with Gasteiger partial charge >= 0.3 is 0 Å². The van der Waals surface area contributed by atoms with Crippen molar-refractivity contribution < 1.29 is 0 Å². The Morgan fingerprint density at radius 3 is 3.00 bits per heavy atom. The first-order chi connectivity index (χ1) is 8.66. The second-order valence-corrected chi connectivity index (χ2v) is 5.60. The largest absolute Gasteiger partial charge is 0.352 e. The van der Waals surface area contributed by atoms with Crippen LogP contribution in [0.15, 0.2) is 18.3 Å². The molecule has 1 aliphatic rings. The van der Waals surface area contributed by atoms with Crippen molar-refractivity contribution in [2.24, 2.45) is 0 Å². The van der Waals surface area contributed by atoms with E-state index >= 15 is 0 Å². The van der Waals surface area contributed by atoms with Crippen LogP contribution in [0.1, 0.15) is 38.7 Å². The van der Waals surface area contributed by atoms with Crippen molar-refractivity contribution in [2.75, 3.05) is 18.0 Å². The summed E-state index contributed by atoms with van der Waals surface area (Å²) in [6.07, 6.45) is 5.82. The molecule has 0 amide bonds. The molecule has 0 saturated carbocycles. The number of pyridine rings is 1. The molecule has 1 fully saturated rings. The Labute approximate surface area is 111 Å². The highest BCUT2D eigenvalue weighted by atomic mass is 15.2. The lowest BCUT2D eigenvalue weighted by Gasteiger charge is -2.37. The van der Waals surface area contributed by atoms with Gasteiger partial charge in [0.2, 0.25) is 0 Å². The van der Waals surface area contributed by atoms with E-state index in [1.807, 2.05) is 6.20 Å². The molecule has 1 aromatic rings. The predicted octanol–water partition coefficient (Wildman–Crippen LogP) is 2.75. The van der Waals surface area contributed by atoms with Crippen LogP contribution in [-0.4, -0.2) is 30.2 Å². The zero-order chi connectivity index (χ0) is 13.0. The lowest BCUT2D eigenvalue weighted by atomic mass is 10.0. The van der Waals surface area contributed by atoms with E-state index in [4.69, 9.17) is 0 Å². The molecule has 2 rings (SSSR count). The van der Waals surface area contributed by atoms with Gasteiger partial charge < -0.3 is 10.2 Å². The van der Waals surface area contributed by atoms with Crippen molar-refractivity contribution in [3.8, 4) is 0 Å². The van der Waals surface area contributed by atoms with E-state index in [2.05, 4.69) is 48.1 Å². The molecule has 1 aromatic heterocycles. The summed E-state index contributed by atoms with van der Waals surface area (Å²) >= 11 is 0. The summed E-state index contributed by atoms with van der Waals surface area (Å²) in [4.78, 5) is 7.02. The standard InChI is InChI=1S/C15H25N3/c1-12(2)17-11-14-6-4-5-9-18(14)15-10-13(3)7-8-16-15/h7-8,10,12,14,17H,4-6,9,11H2,1-3H3. The number of rotatable bonds is 4. The van der Waals surface area contributed by atoms with Gasteiger partial charge in [-0.3, -0.25) is 0 Å². The summed E-state index contributed by atoms with van der Waals surface area (Å²) in [5.41, 5.74) is 1.29. The molecule has 0 spiro atoms. The third kappa shape index (κ3) is 3.45. The Morgan fingerprint density at radius 1 is 1.44 bits per heavy atom. The highest BCUT2D eigenvalue weighted by molar-refractivity contribution is 5.42. The van der Waals surface area contributed by atoms with Gasteiger partial charge in [0.05, 0.1) is 0 Å². The number of nitrogens with zero attached hydrogens (tertiary/aromatic N) is 2. The number of nitrogens with one attached hydrogen (secondary N) is 1. The maximum Gasteiger partial charge on any atom is 0.129 e. The van der Waals surface area contributed by atoms with Crippen LogP contribution in [0.4, 0.5) is 5.82 Å². The number of hydrogen-bond acceptors (Lipinski definition) is 3. The summed E-state index contributed by atoms with van der Waals surface area (Å²) < 4.78 is 0. The second-order valence-electron chi connectivity index (χ2n) is 5.60. The normalized spacial score (nSPS) is 20.4. The molecule has 1 atom stereocenters. The number of anilines is 1. The average molecular weight is 247 g/mol. The molecule has 1 saturated heterocycles. The lowest BCUT2D eigenvalue weighted by molar-refractivity contribution is 0.419. The number of piperidine rings is 1. The highest BCUT2D eigenvalue weighted by Gasteiger charge is 2.23. The first kappa shape index (κ1) is 13.3. The number of aryl methyl sites for hydroxylation is 1. The summed E-state index contributed by atoms with van der Waals surface area (Å²) in [6, 6.07) is 5.41. The van der Waals surface area contributed by atoms with Gasteiger partial charge in [-0.2, -0.15) is 0 Å². The molecule has 1 aliphatic heterocycles. The van der Waals surface area contributed by atoms with Crippen molar-refractivity contribution in [3.63, 3.8) is 0 Å². The third-order valence-corrected chi connectivity index (χ3v) is 3.58. The summed E-state index contributed by atoms with van der Waals surface area (Å²) in [5, 5.41) is 3.56. The minimum atomic E-state index is 0.555. The monoisotopic (exact) mass is 247 g/mol. The highest BCUT2D eigenvalue weighted by Crippen LogP contribution is 2.23. The molecule has 0 aromatic carbocycles. The third-order valence-electron chi connectivity index (χ3n) is 3.58. The average Bonchev–Trinajstić information content (AvgIpc) is 2.36. The van der Waals surface area contributed by atoms with E-state index in [-0.39, 0.29) is 0 Å². The fraction of sp³-hybridized carbons (Fsp3) is 0.667. The Balaban J connectivity index is 2.07. The first-order valence-electron chi connectivity index (χ1n) is 7.09. The Morgan fingerprint density at radius 2 is 2.28 bits per heavy atom. The molecule has 1 unspecified atom stereocenters. The van der Waals surface area contributed by atoms with E-state index in [0.29, 0.717) is 12.1 Å². The predicted molar refractivity (Wildman–Crippen MR) is 77.1 cm³/mol. The fourth-order valence-corrected chi connectivity index (χ4v) is 2.56. The van der Waals surface area contributed by atoms with Gasteiger partial charge in [-0.1, -0.05) is 13.8 Å². The molecule has 0 radical (unpaired) electrons. The van der Waals surface area contributed by atoms with Crippen molar-refractivity contribution >= 4 is 5.82 Å². The smallest absolute Gasteiger partial charge is 0.129 e. The van der Waals surface area contributed by atoms with E-state index in [1.54, 1.807) is 0 Å². The maximum absolute atomic E-state index is 4.54. The van der Waals surface area contributed by atoms with E-state index in [1.165, 1.54) is 24.8 Å². The van der Waals surface area contributed by atoms with Gasteiger partial charge in [0.1, 0.15) is 5.82 Å². The molecule has 0 aliphatic carbocycles. The van der Waals surface area contributed by atoms with E-state index < -0.39 is 0 Å². The van der Waals surface area contributed by atoms with Gasteiger partial charge in [-0.05, 0) is 43.9 Å². The van der Waals surface area contributed by atoms with Crippen molar-refractivity contribution in [1.29, 1.82) is 0 Å². The van der Waals surface area contributed by atoms with Gasteiger partial charge in [-0.15, -0.1) is 0 Å². The van der Waals surface area contributed by atoms with Crippen LogP contribution in [0.2, 0.25) is 0 Å². The second kappa shape index (κ2) is 6.19. The number of aromatic nitrogens is 1. The molecule has 3 heteroatoms. The van der Waals surface area contributed by atoms with Gasteiger partial charge in [-0.25, -0.2) is 4.98 Å². The summed E-state index contributed by atoms with van der Waals surface area (Å²) in [5.74, 6) is 1.14. The van der Waals surface area contributed by atoms with E-state index in [9.17, 15) is 0 Å². The van der Waals surface area contributed by atoms with Gasteiger partial charge in [0.15, 0.2) is 0 Å². The lowest BCUT2D eigenvalue weighted by Crippen LogP contribution is -2.47.